The van der Waals surface area contributed by atoms with Crippen LogP contribution < -0.4 is 10.2 Å². The number of ether oxygens (including phenoxy) is 1. The van der Waals surface area contributed by atoms with E-state index in [0.29, 0.717) is 0 Å². The highest BCUT2D eigenvalue weighted by Gasteiger charge is 2.15. The van der Waals surface area contributed by atoms with Crippen LogP contribution in [0.25, 0.3) is 11.1 Å². The normalized spacial score (nSPS) is 14.0. The summed E-state index contributed by atoms with van der Waals surface area (Å²) in [5, 5.41) is 3.25. The maximum absolute atomic E-state index is 5.42. The van der Waals surface area contributed by atoms with Gasteiger partial charge in [-0.3, -0.25) is 0 Å². The first-order valence-corrected chi connectivity index (χ1v) is 13.8. The molecule has 0 radical (unpaired) electrons. The molecule has 1 aromatic heterocycles. The molecule has 0 amide bonds. The minimum atomic E-state index is 0.773. The Kier molecular flexibility index (Phi) is 7.84. The molecular weight excluding hydrogens is 516 g/mol. The van der Waals surface area contributed by atoms with E-state index in [-0.39, 0.29) is 0 Å². The second kappa shape index (κ2) is 9.63. The number of aryl methyl sites for hydroxylation is 1. The van der Waals surface area contributed by atoms with Gasteiger partial charge < -0.3 is 15.0 Å². The van der Waals surface area contributed by atoms with E-state index in [0.717, 1.165) is 37.8 Å². The van der Waals surface area contributed by atoms with Crippen molar-refractivity contribution in [2.75, 3.05) is 43.6 Å². The van der Waals surface area contributed by atoms with E-state index >= 15 is 0 Å². The van der Waals surface area contributed by atoms with Crippen molar-refractivity contribution < 1.29 is 4.74 Å². The third-order valence-corrected chi connectivity index (χ3v) is 3.93. The molecule has 1 aliphatic rings. The Balaban J connectivity index is 0.000000924. The molecule has 6 heteroatoms. The molecule has 0 aliphatic carbocycles. The predicted octanol–water partition coefficient (Wildman–Crippen LogP) is 4.71. The number of aromatic nitrogens is 1. The fraction of sp³-hybridized carbons (Fsp3) is 0.353. The molecule has 1 aromatic carbocycles. The molecule has 0 atom stereocenters. The fourth-order valence-corrected chi connectivity index (χ4v) is 2.71. The van der Waals surface area contributed by atoms with Crippen molar-refractivity contribution in [3.8, 4) is 11.1 Å². The van der Waals surface area contributed by atoms with Crippen LogP contribution in [0.5, 0.6) is 0 Å². The zero-order valence-electron chi connectivity index (χ0n) is 13.4. The predicted molar refractivity (Wildman–Crippen MR) is 115 cm³/mol. The van der Waals surface area contributed by atoms with E-state index in [1.165, 1.54) is 16.7 Å². The molecule has 0 saturated carbocycles. The molecule has 3 rings (SSSR count). The molecule has 0 bridgehead atoms. The van der Waals surface area contributed by atoms with Gasteiger partial charge in [-0.2, -0.15) is 0 Å². The summed E-state index contributed by atoms with van der Waals surface area (Å²) in [5.41, 5.74) is 4.78. The summed E-state index contributed by atoms with van der Waals surface area (Å²) in [6, 6.07) is 10.6. The third kappa shape index (κ3) is 4.69. The first-order valence-electron chi connectivity index (χ1n) is 7.50. The SMILES string of the molecule is CNc1cnc(N2CCOCC2)cc1-c1ccccc1C.II. The maximum atomic E-state index is 5.42. The van der Waals surface area contributed by atoms with E-state index < -0.39 is 0 Å². The largest absolute Gasteiger partial charge is 0.386 e. The number of pyridine rings is 1. The van der Waals surface area contributed by atoms with Gasteiger partial charge in [0.15, 0.2) is 0 Å². The van der Waals surface area contributed by atoms with E-state index in [2.05, 4.69) is 89.7 Å². The number of halogens is 2. The average Bonchev–Trinajstić information content (AvgIpc) is 2.64. The number of anilines is 2. The van der Waals surface area contributed by atoms with Crippen molar-refractivity contribution in [1.29, 1.82) is 0 Å². The molecule has 4 nitrogen and oxygen atoms in total. The second-order valence-corrected chi connectivity index (χ2v) is 5.25. The van der Waals surface area contributed by atoms with Crippen LogP contribution in [0.4, 0.5) is 11.5 Å². The zero-order valence-corrected chi connectivity index (χ0v) is 17.7. The van der Waals surface area contributed by atoms with Crippen LogP contribution in [-0.4, -0.2) is 38.3 Å². The van der Waals surface area contributed by atoms with Gasteiger partial charge in [0.2, 0.25) is 0 Å². The molecule has 1 saturated heterocycles. The van der Waals surface area contributed by atoms with Gasteiger partial charge in [0, 0.05) is 62.9 Å². The van der Waals surface area contributed by atoms with Crippen LogP contribution in [-0.2, 0) is 4.74 Å². The lowest BCUT2D eigenvalue weighted by molar-refractivity contribution is 0.122. The van der Waals surface area contributed by atoms with Gasteiger partial charge in [0.1, 0.15) is 5.82 Å². The molecule has 2 aromatic rings. The lowest BCUT2D eigenvalue weighted by Crippen LogP contribution is -2.36. The summed E-state index contributed by atoms with van der Waals surface area (Å²) in [5.74, 6) is 1.02. The van der Waals surface area contributed by atoms with E-state index in [1.807, 2.05) is 13.2 Å². The average molecular weight is 537 g/mol. The Morgan fingerprint density at radius 1 is 1.13 bits per heavy atom. The lowest BCUT2D eigenvalue weighted by atomic mass is 10.00. The topological polar surface area (TPSA) is 37.4 Å². The number of nitrogens with one attached hydrogen (secondary N) is 1. The number of nitrogens with zero attached hydrogens (tertiary/aromatic N) is 2. The standard InChI is InChI=1S/C17H21N3O.I2/c1-13-5-3-4-6-14(13)15-11-17(19-12-16(15)18-2)20-7-9-21-10-8-20;1-2/h3-6,11-12,18H,7-10H2,1-2H3;. The maximum Gasteiger partial charge on any atom is 0.129 e. The Hall–Kier alpha value is -0.610. The Labute approximate surface area is 161 Å². The molecule has 2 heterocycles. The summed E-state index contributed by atoms with van der Waals surface area (Å²) in [6.07, 6.45) is 1.92. The van der Waals surface area contributed by atoms with Crippen molar-refractivity contribution in [2.45, 2.75) is 6.92 Å². The van der Waals surface area contributed by atoms with Crippen LogP contribution in [0.15, 0.2) is 36.5 Å². The van der Waals surface area contributed by atoms with Gasteiger partial charge >= 0.3 is 0 Å². The highest BCUT2D eigenvalue weighted by atomic mass is 128. The molecule has 0 spiro atoms. The summed E-state index contributed by atoms with van der Waals surface area (Å²) >= 11 is 4.24. The molecule has 0 unspecified atom stereocenters. The number of hydrogen-bond acceptors (Lipinski definition) is 4. The number of rotatable bonds is 3. The monoisotopic (exact) mass is 537 g/mol. The smallest absolute Gasteiger partial charge is 0.129 e. The number of morpholine rings is 1. The highest BCUT2D eigenvalue weighted by Crippen LogP contribution is 2.32. The molecule has 23 heavy (non-hydrogen) atoms. The van der Waals surface area contributed by atoms with Crippen molar-refractivity contribution in [1.82, 2.24) is 4.98 Å². The summed E-state index contributed by atoms with van der Waals surface area (Å²) in [7, 11) is 1.94. The highest BCUT2D eigenvalue weighted by molar-refractivity contribution is 15.0. The van der Waals surface area contributed by atoms with E-state index in [1.54, 1.807) is 0 Å². The van der Waals surface area contributed by atoms with Crippen LogP contribution in [0.2, 0.25) is 0 Å². The van der Waals surface area contributed by atoms with Gasteiger partial charge in [0.25, 0.3) is 0 Å². The number of benzene rings is 1. The first kappa shape index (κ1) is 18.7. The first-order chi connectivity index (χ1) is 11.3. The van der Waals surface area contributed by atoms with Crippen molar-refractivity contribution in [3.63, 3.8) is 0 Å². The fourth-order valence-electron chi connectivity index (χ4n) is 2.71. The van der Waals surface area contributed by atoms with Gasteiger partial charge in [-0.25, -0.2) is 4.98 Å². The van der Waals surface area contributed by atoms with Crippen LogP contribution in [0.1, 0.15) is 5.56 Å². The van der Waals surface area contributed by atoms with Crippen molar-refractivity contribution in [2.24, 2.45) is 0 Å². The summed E-state index contributed by atoms with van der Waals surface area (Å²) in [4.78, 5) is 6.88. The lowest BCUT2D eigenvalue weighted by Gasteiger charge is -2.28. The van der Waals surface area contributed by atoms with Gasteiger partial charge in [-0.05, 0) is 24.1 Å². The third-order valence-electron chi connectivity index (χ3n) is 3.93. The van der Waals surface area contributed by atoms with Gasteiger partial charge in [0.05, 0.1) is 25.1 Å². The van der Waals surface area contributed by atoms with Crippen molar-refractivity contribution in [3.05, 3.63) is 42.1 Å². The van der Waals surface area contributed by atoms with Gasteiger partial charge in [-0.1, -0.05) is 24.3 Å². The summed E-state index contributed by atoms with van der Waals surface area (Å²) < 4.78 is 5.42. The van der Waals surface area contributed by atoms with E-state index in [4.69, 9.17) is 4.74 Å². The minimum absolute atomic E-state index is 0.773. The van der Waals surface area contributed by atoms with E-state index in [9.17, 15) is 0 Å². The minimum Gasteiger partial charge on any atom is -0.386 e. The van der Waals surface area contributed by atoms with Crippen LogP contribution in [0, 0.1) is 6.92 Å². The Morgan fingerprint density at radius 2 is 1.83 bits per heavy atom. The molecule has 1 aliphatic heterocycles. The zero-order chi connectivity index (χ0) is 16.7. The van der Waals surface area contributed by atoms with Gasteiger partial charge in [-0.15, -0.1) is 0 Å². The van der Waals surface area contributed by atoms with Crippen LogP contribution in [0.3, 0.4) is 0 Å². The Bertz CT molecular complexity index is 631. The number of hydrogen-bond donors (Lipinski definition) is 1. The Morgan fingerprint density at radius 3 is 2.48 bits per heavy atom. The van der Waals surface area contributed by atoms with Crippen LogP contribution >= 0.6 is 37.2 Å². The molecule has 124 valence electrons. The second-order valence-electron chi connectivity index (χ2n) is 5.25. The molecule has 1 N–H and O–H groups in total. The summed E-state index contributed by atoms with van der Waals surface area (Å²) in [6.45, 7) is 5.49. The van der Waals surface area contributed by atoms with Crippen molar-refractivity contribution >= 4 is 48.7 Å². The molecular formula is C17H21I2N3O. The quantitative estimate of drug-likeness (QED) is 0.577. The molecule has 1 fully saturated rings.